The Morgan fingerprint density at radius 1 is 0.833 bits per heavy atom. The summed E-state index contributed by atoms with van der Waals surface area (Å²) in [6.07, 6.45) is 5.88. The lowest BCUT2D eigenvalue weighted by Gasteiger charge is -2.23. The Kier molecular flexibility index (Phi) is 6.85. The molecule has 0 heterocycles. The van der Waals surface area contributed by atoms with Gasteiger partial charge in [-0.2, -0.15) is 0 Å². The molecule has 4 heteroatoms. The fourth-order valence-corrected chi connectivity index (χ4v) is 4.27. The van der Waals surface area contributed by atoms with Crippen molar-refractivity contribution in [3.63, 3.8) is 0 Å². The van der Waals surface area contributed by atoms with Crippen molar-refractivity contribution < 1.29 is 8.42 Å². The normalized spacial score (nSPS) is 11.4. The van der Waals surface area contributed by atoms with Crippen LogP contribution in [0.25, 0.3) is 0 Å². The molecule has 3 nitrogen and oxygen atoms in total. The standard InChI is InChI=1S/C20H27NO2S/c1-3-5-6-8-11-18-14-16-20(17-15-18)24(22,23)21(4-2)19-12-9-7-10-13-19/h7,9-10,12-17H,3-6,8,11H2,1-2H3. The molecule has 2 rings (SSSR count). The van der Waals surface area contributed by atoms with E-state index in [0.717, 1.165) is 12.8 Å². The summed E-state index contributed by atoms with van der Waals surface area (Å²) >= 11 is 0. The van der Waals surface area contributed by atoms with Crippen molar-refractivity contribution in [2.75, 3.05) is 10.8 Å². The number of hydrogen-bond acceptors (Lipinski definition) is 2. The van der Waals surface area contributed by atoms with Gasteiger partial charge in [0.25, 0.3) is 10.0 Å². The molecule has 2 aromatic rings. The molecule has 0 spiro atoms. The van der Waals surface area contributed by atoms with Crippen molar-refractivity contribution >= 4 is 15.7 Å². The van der Waals surface area contributed by atoms with Crippen LogP contribution in [0.4, 0.5) is 5.69 Å². The van der Waals surface area contributed by atoms with Crippen molar-refractivity contribution in [2.24, 2.45) is 0 Å². The molecule has 0 aliphatic heterocycles. The summed E-state index contributed by atoms with van der Waals surface area (Å²) in [5, 5.41) is 0. The maximum atomic E-state index is 12.9. The molecule has 130 valence electrons. The molecule has 0 fully saturated rings. The predicted molar refractivity (Wildman–Crippen MR) is 101 cm³/mol. The summed E-state index contributed by atoms with van der Waals surface area (Å²) < 4.78 is 27.2. The van der Waals surface area contributed by atoms with Gasteiger partial charge in [0.2, 0.25) is 0 Å². The quantitative estimate of drug-likeness (QED) is 0.598. The molecule has 0 amide bonds. The highest BCUT2D eigenvalue weighted by Crippen LogP contribution is 2.23. The first-order valence-electron chi connectivity index (χ1n) is 8.76. The first-order chi connectivity index (χ1) is 11.6. The molecule has 0 atom stereocenters. The summed E-state index contributed by atoms with van der Waals surface area (Å²) in [5.74, 6) is 0. The zero-order valence-corrected chi connectivity index (χ0v) is 15.4. The van der Waals surface area contributed by atoms with E-state index in [1.54, 1.807) is 12.1 Å². The number of hydrogen-bond donors (Lipinski definition) is 0. The first kappa shape index (κ1) is 18.5. The number of benzene rings is 2. The molecule has 0 saturated carbocycles. The van der Waals surface area contributed by atoms with E-state index in [4.69, 9.17) is 0 Å². The summed E-state index contributed by atoms with van der Waals surface area (Å²) in [6.45, 7) is 4.46. The molecule has 24 heavy (non-hydrogen) atoms. The molecule has 0 aliphatic rings. The lowest BCUT2D eigenvalue weighted by Crippen LogP contribution is -2.30. The Morgan fingerprint density at radius 3 is 2.08 bits per heavy atom. The van der Waals surface area contributed by atoms with Gasteiger partial charge in [-0.3, -0.25) is 4.31 Å². The first-order valence-corrected chi connectivity index (χ1v) is 10.2. The maximum absolute atomic E-state index is 12.9. The van der Waals surface area contributed by atoms with Gasteiger partial charge in [0.1, 0.15) is 0 Å². The van der Waals surface area contributed by atoms with Crippen LogP contribution in [0, 0.1) is 0 Å². The molecular weight excluding hydrogens is 318 g/mol. The lowest BCUT2D eigenvalue weighted by atomic mass is 10.1. The molecular formula is C20H27NO2S. The summed E-state index contributed by atoms with van der Waals surface area (Å²) in [5.41, 5.74) is 1.90. The van der Waals surface area contributed by atoms with Crippen molar-refractivity contribution in [1.29, 1.82) is 0 Å². The third-order valence-electron chi connectivity index (χ3n) is 4.16. The van der Waals surface area contributed by atoms with Crippen LogP contribution in [-0.2, 0) is 16.4 Å². The molecule has 0 aliphatic carbocycles. The topological polar surface area (TPSA) is 37.4 Å². The fraction of sp³-hybridized carbons (Fsp3) is 0.400. The Balaban J connectivity index is 2.14. The van der Waals surface area contributed by atoms with Gasteiger partial charge in [-0.1, -0.05) is 56.5 Å². The number of anilines is 1. The monoisotopic (exact) mass is 345 g/mol. The number of nitrogens with zero attached hydrogens (tertiary/aromatic N) is 1. The SMILES string of the molecule is CCCCCCc1ccc(S(=O)(=O)N(CC)c2ccccc2)cc1. The van der Waals surface area contributed by atoms with Crippen LogP contribution in [0.15, 0.2) is 59.5 Å². The van der Waals surface area contributed by atoms with E-state index in [9.17, 15) is 8.42 Å². The highest BCUT2D eigenvalue weighted by Gasteiger charge is 2.23. The van der Waals surface area contributed by atoms with E-state index < -0.39 is 10.0 Å². The zero-order valence-electron chi connectivity index (χ0n) is 14.6. The molecule has 0 saturated heterocycles. The van der Waals surface area contributed by atoms with E-state index in [2.05, 4.69) is 6.92 Å². The molecule has 0 bridgehead atoms. The fourth-order valence-electron chi connectivity index (χ4n) is 2.80. The minimum Gasteiger partial charge on any atom is -0.267 e. The van der Waals surface area contributed by atoms with Crippen LogP contribution in [-0.4, -0.2) is 15.0 Å². The molecule has 2 aromatic carbocycles. The Labute approximate surface area is 146 Å². The number of unbranched alkanes of at least 4 members (excludes halogenated alkanes) is 3. The van der Waals surface area contributed by atoms with E-state index in [1.807, 2.05) is 49.4 Å². The Morgan fingerprint density at radius 2 is 1.50 bits per heavy atom. The number of para-hydroxylation sites is 1. The summed E-state index contributed by atoms with van der Waals surface area (Å²) in [7, 11) is -3.52. The highest BCUT2D eigenvalue weighted by atomic mass is 32.2. The number of rotatable bonds is 9. The van der Waals surface area contributed by atoms with Crippen LogP contribution in [0.1, 0.15) is 45.1 Å². The van der Waals surface area contributed by atoms with E-state index >= 15 is 0 Å². The van der Waals surface area contributed by atoms with Crippen LogP contribution in [0.5, 0.6) is 0 Å². The van der Waals surface area contributed by atoms with Crippen molar-refractivity contribution in [3.05, 3.63) is 60.2 Å². The summed E-state index contributed by atoms with van der Waals surface area (Å²) in [6, 6.07) is 16.6. The summed E-state index contributed by atoms with van der Waals surface area (Å²) in [4.78, 5) is 0.352. The van der Waals surface area contributed by atoms with Gasteiger partial charge < -0.3 is 0 Å². The third-order valence-corrected chi connectivity index (χ3v) is 6.08. The van der Waals surface area contributed by atoms with Gasteiger partial charge in [-0.25, -0.2) is 8.42 Å². The number of sulfonamides is 1. The minimum atomic E-state index is -3.52. The second-order valence-corrected chi connectivity index (χ2v) is 7.82. The van der Waals surface area contributed by atoms with E-state index in [1.165, 1.54) is 29.1 Å². The van der Waals surface area contributed by atoms with Crippen molar-refractivity contribution in [1.82, 2.24) is 0 Å². The number of aryl methyl sites for hydroxylation is 1. The zero-order chi connectivity index (χ0) is 17.4. The van der Waals surface area contributed by atoms with E-state index in [0.29, 0.717) is 17.1 Å². The van der Waals surface area contributed by atoms with Crippen molar-refractivity contribution in [3.8, 4) is 0 Å². The second-order valence-electron chi connectivity index (χ2n) is 5.96. The molecule has 0 radical (unpaired) electrons. The molecule has 0 aromatic heterocycles. The van der Waals surface area contributed by atoms with E-state index in [-0.39, 0.29) is 0 Å². The molecule has 0 unspecified atom stereocenters. The third kappa shape index (κ3) is 4.60. The second kappa shape index (κ2) is 8.88. The van der Waals surface area contributed by atoms with Crippen LogP contribution >= 0.6 is 0 Å². The smallest absolute Gasteiger partial charge is 0.264 e. The van der Waals surface area contributed by atoms with Gasteiger partial charge in [0, 0.05) is 6.54 Å². The van der Waals surface area contributed by atoms with Gasteiger partial charge in [-0.15, -0.1) is 0 Å². The van der Waals surface area contributed by atoms with Gasteiger partial charge in [-0.05, 0) is 49.6 Å². The van der Waals surface area contributed by atoms with Crippen LogP contribution < -0.4 is 4.31 Å². The van der Waals surface area contributed by atoms with Gasteiger partial charge in [0.05, 0.1) is 10.6 Å². The van der Waals surface area contributed by atoms with Crippen LogP contribution in [0.3, 0.4) is 0 Å². The Hall–Kier alpha value is -1.81. The largest absolute Gasteiger partial charge is 0.267 e. The highest BCUT2D eigenvalue weighted by molar-refractivity contribution is 7.92. The average molecular weight is 346 g/mol. The molecule has 0 N–H and O–H groups in total. The van der Waals surface area contributed by atoms with Crippen molar-refractivity contribution in [2.45, 2.75) is 50.8 Å². The maximum Gasteiger partial charge on any atom is 0.264 e. The van der Waals surface area contributed by atoms with Gasteiger partial charge in [0.15, 0.2) is 0 Å². The lowest BCUT2D eigenvalue weighted by molar-refractivity contribution is 0.592. The van der Waals surface area contributed by atoms with Gasteiger partial charge >= 0.3 is 0 Å². The van der Waals surface area contributed by atoms with Crippen LogP contribution in [0.2, 0.25) is 0 Å². The Bertz CT molecular complexity index is 709. The minimum absolute atomic E-state index is 0.352. The predicted octanol–water partition coefficient (Wildman–Crippen LogP) is 5.02. The average Bonchev–Trinajstić information content (AvgIpc) is 2.60.